The Morgan fingerprint density at radius 2 is 2.00 bits per heavy atom. The summed E-state index contributed by atoms with van der Waals surface area (Å²) in [5.74, 6) is 2.06. The van der Waals surface area contributed by atoms with Crippen molar-refractivity contribution in [2.24, 2.45) is 17.8 Å². The lowest BCUT2D eigenvalue weighted by Crippen LogP contribution is -2.42. The number of methoxy groups -OCH3 is 1. The van der Waals surface area contributed by atoms with Crippen LogP contribution in [0.5, 0.6) is 5.75 Å². The Balaban J connectivity index is 1.38. The highest BCUT2D eigenvalue weighted by Crippen LogP contribution is 2.44. The second-order valence-corrected chi connectivity index (χ2v) is 7.39. The van der Waals surface area contributed by atoms with Gasteiger partial charge in [-0.05, 0) is 55.4 Å². The maximum atomic E-state index is 12.6. The van der Waals surface area contributed by atoms with E-state index in [4.69, 9.17) is 4.74 Å². The second kappa shape index (κ2) is 6.11. The van der Waals surface area contributed by atoms with E-state index in [1.165, 1.54) is 19.3 Å². The van der Waals surface area contributed by atoms with Gasteiger partial charge in [0.05, 0.1) is 13.0 Å². The van der Waals surface area contributed by atoms with Crippen LogP contribution in [0.1, 0.15) is 32.1 Å². The average molecular weight is 328 g/mol. The minimum Gasteiger partial charge on any atom is -0.497 e. The summed E-state index contributed by atoms with van der Waals surface area (Å²) >= 11 is 0. The Kier molecular flexibility index (Phi) is 3.94. The molecule has 5 heteroatoms. The van der Waals surface area contributed by atoms with Gasteiger partial charge < -0.3 is 15.0 Å². The Labute approximate surface area is 142 Å². The number of rotatable bonds is 4. The summed E-state index contributed by atoms with van der Waals surface area (Å²) < 4.78 is 5.15. The summed E-state index contributed by atoms with van der Waals surface area (Å²) in [5.41, 5.74) is 0.830. The van der Waals surface area contributed by atoms with Gasteiger partial charge in [-0.1, -0.05) is 6.42 Å². The quantitative estimate of drug-likeness (QED) is 0.923. The first-order valence-corrected chi connectivity index (χ1v) is 8.89. The van der Waals surface area contributed by atoms with Crippen LogP contribution in [-0.4, -0.2) is 31.5 Å². The summed E-state index contributed by atoms with van der Waals surface area (Å²) in [7, 11) is 1.62. The molecule has 24 heavy (non-hydrogen) atoms. The van der Waals surface area contributed by atoms with E-state index in [2.05, 4.69) is 5.32 Å². The maximum absolute atomic E-state index is 12.6. The van der Waals surface area contributed by atoms with E-state index in [1.807, 2.05) is 24.3 Å². The first-order valence-electron chi connectivity index (χ1n) is 8.89. The zero-order valence-electron chi connectivity index (χ0n) is 14.0. The molecular formula is C19H24N2O3. The molecule has 1 heterocycles. The Hall–Kier alpha value is -2.04. The summed E-state index contributed by atoms with van der Waals surface area (Å²) in [6.07, 6.45) is 5.27. The second-order valence-electron chi connectivity index (χ2n) is 7.39. The number of amides is 2. The van der Waals surface area contributed by atoms with Crippen LogP contribution in [0.2, 0.25) is 0 Å². The molecule has 1 aromatic carbocycles. The Morgan fingerprint density at radius 3 is 2.62 bits per heavy atom. The third-order valence-corrected chi connectivity index (χ3v) is 5.95. The fourth-order valence-corrected chi connectivity index (χ4v) is 4.62. The summed E-state index contributed by atoms with van der Waals surface area (Å²) in [5, 5.41) is 3.23. The van der Waals surface area contributed by atoms with Crippen molar-refractivity contribution in [3.05, 3.63) is 24.3 Å². The molecule has 0 radical (unpaired) electrons. The number of hydrogen-bond donors (Lipinski definition) is 1. The van der Waals surface area contributed by atoms with Crippen LogP contribution in [0.15, 0.2) is 24.3 Å². The van der Waals surface area contributed by atoms with Gasteiger partial charge in [-0.2, -0.15) is 0 Å². The zero-order valence-corrected chi connectivity index (χ0v) is 14.0. The molecule has 1 aromatic rings. The predicted octanol–water partition coefficient (Wildman–Crippen LogP) is 2.35. The first-order chi connectivity index (χ1) is 11.6. The molecule has 2 amide bonds. The van der Waals surface area contributed by atoms with Gasteiger partial charge in [-0.15, -0.1) is 0 Å². The van der Waals surface area contributed by atoms with Crippen molar-refractivity contribution in [2.75, 3.05) is 18.6 Å². The van der Waals surface area contributed by atoms with Gasteiger partial charge in [-0.3, -0.25) is 9.59 Å². The Morgan fingerprint density at radius 1 is 1.21 bits per heavy atom. The standard InChI is InChI=1S/C19H24N2O3/c1-24-16-6-4-15(5-7-16)21-11-14(10-18(21)22)19(23)20-17-9-12-2-3-13(17)8-12/h4-7,12-14,17H,2-3,8-11H2,1H3,(H,20,23). The van der Waals surface area contributed by atoms with E-state index >= 15 is 0 Å². The molecule has 2 saturated carbocycles. The lowest BCUT2D eigenvalue weighted by Gasteiger charge is -2.24. The fourth-order valence-electron chi connectivity index (χ4n) is 4.62. The third-order valence-electron chi connectivity index (χ3n) is 5.95. The number of benzene rings is 1. The summed E-state index contributed by atoms with van der Waals surface area (Å²) in [6, 6.07) is 7.75. The fraction of sp³-hybridized carbons (Fsp3) is 0.579. The number of nitrogens with one attached hydrogen (secondary N) is 1. The van der Waals surface area contributed by atoms with Crippen LogP contribution in [0.3, 0.4) is 0 Å². The molecule has 4 unspecified atom stereocenters. The lowest BCUT2D eigenvalue weighted by atomic mass is 9.94. The third kappa shape index (κ3) is 2.76. The SMILES string of the molecule is COc1ccc(N2CC(C(=O)NC3CC4CCC3C4)CC2=O)cc1. The van der Waals surface area contributed by atoms with E-state index < -0.39 is 0 Å². The summed E-state index contributed by atoms with van der Waals surface area (Å²) in [6.45, 7) is 0.470. The molecule has 128 valence electrons. The van der Waals surface area contributed by atoms with Gasteiger partial charge in [0.2, 0.25) is 11.8 Å². The number of ether oxygens (including phenoxy) is 1. The number of fused-ring (bicyclic) bond motifs is 2. The van der Waals surface area contributed by atoms with Gasteiger partial charge in [0.15, 0.2) is 0 Å². The van der Waals surface area contributed by atoms with E-state index in [1.54, 1.807) is 12.0 Å². The van der Waals surface area contributed by atoms with Crippen molar-refractivity contribution in [3.8, 4) is 5.75 Å². The van der Waals surface area contributed by atoms with Gasteiger partial charge in [0, 0.05) is 24.7 Å². The molecule has 1 N–H and O–H groups in total. The van der Waals surface area contributed by atoms with Crippen molar-refractivity contribution < 1.29 is 14.3 Å². The lowest BCUT2D eigenvalue weighted by molar-refractivity contribution is -0.127. The number of nitrogens with zero attached hydrogens (tertiary/aromatic N) is 1. The van der Waals surface area contributed by atoms with Gasteiger partial charge in [-0.25, -0.2) is 0 Å². The minimum absolute atomic E-state index is 0.0215. The highest BCUT2D eigenvalue weighted by molar-refractivity contribution is 6.00. The number of carbonyl (C=O) groups is 2. The molecule has 1 saturated heterocycles. The minimum atomic E-state index is -0.237. The molecule has 3 fully saturated rings. The van der Waals surface area contributed by atoms with Gasteiger partial charge in [0.1, 0.15) is 5.75 Å². The topological polar surface area (TPSA) is 58.6 Å². The van der Waals surface area contributed by atoms with Crippen LogP contribution >= 0.6 is 0 Å². The van der Waals surface area contributed by atoms with Crippen LogP contribution in [0.4, 0.5) is 5.69 Å². The van der Waals surface area contributed by atoms with Crippen molar-refractivity contribution in [1.82, 2.24) is 5.32 Å². The summed E-state index contributed by atoms with van der Waals surface area (Å²) in [4.78, 5) is 26.6. The normalized spacial score (nSPS) is 31.5. The van der Waals surface area contributed by atoms with Gasteiger partial charge >= 0.3 is 0 Å². The van der Waals surface area contributed by atoms with Gasteiger partial charge in [0.25, 0.3) is 0 Å². The first kappa shape index (κ1) is 15.5. The highest BCUT2D eigenvalue weighted by atomic mass is 16.5. The van der Waals surface area contributed by atoms with Crippen molar-refractivity contribution >= 4 is 17.5 Å². The van der Waals surface area contributed by atoms with Crippen LogP contribution in [0, 0.1) is 17.8 Å². The molecule has 1 aliphatic heterocycles. The Bertz CT molecular complexity index is 643. The van der Waals surface area contributed by atoms with Crippen molar-refractivity contribution in [3.63, 3.8) is 0 Å². The zero-order chi connectivity index (χ0) is 16.7. The van der Waals surface area contributed by atoms with Crippen molar-refractivity contribution in [2.45, 2.75) is 38.1 Å². The highest BCUT2D eigenvalue weighted by Gasteiger charge is 2.42. The van der Waals surface area contributed by atoms with E-state index in [9.17, 15) is 9.59 Å². The van der Waals surface area contributed by atoms with Crippen LogP contribution < -0.4 is 15.0 Å². The van der Waals surface area contributed by atoms with Crippen LogP contribution in [0.25, 0.3) is 0 Å². The molecule has 4 atom stereocenters. The average Bonchev–Trinajstić information content (AvgIpc) is 3.30. The predicted molar refractivity (Wildman–Crippen MR) is 90.8 cm³/mol. The molecule has 0 spiro atoms. The number of hydrogen-bond acceptors (Lipinski definition) is 3. The molecule has 5 nitrogen and oxygen atoms in total. The molecule has 2 aliphatic carbocycles. The number of carbonyl (C=O) groups excluding carboxylic acids is 2. The molecule has 0 aromatic heterocycles. The molecular weight excluding hydrogens is 304 g/mol. The smallest absolute Gasteiger partial charge is 0.227 e. The molecule has 4 rings (SSSR count). The van der Waals surface area contributed by atoms with E-state index in [0.717, 1.165) is 23.8 Å². The molecule has 2 bridgehead atoms. The van der Waals surface area contributed by atoms with Crippen LogP contribution in [-0.2, 0) is 9.59 Å². The maximum Gasteiger partial charge on any atom is 0.227 e. The van der Waals surface area contributed by atoms with E-state index in [0.29, 0.717) is 24.9 Å². The van der Waals surface area contributed by atoms with Crippen molar-refractivity contribution in [1.29, 1.82) is 0 Å². The number of anilines is 1. The largest absolute Gasteiger partial charge is 0.497 e. The monoisotopic (exact) mass is 328 g/mol. The molecule has 3 aliphatic rings. The van der Waals surface area contributed by atoms with E-state index in [-0.39, 0.29) is 17.7 Å².